The summed E-state index contributed by atoms with van der Waals surface area (Å²) in [7, 11) is -1.48. The van der Waals surface area contributed by atoms with Crippen molar-refractivity contribution in [2.75, 3.05) is 59.4 Å². The number of carbonyl (C=O) groups excluding carboxylic acids is 1. The molecule has 1 aromatic carbocycles. The van der Waals surface area contributed by atoms with Gasteiger partial charge in [-0.15, -0.1) is 0 Å². The zero-order valence-electron chi connectivity index (χ0n) is 17.7. The average Bonchev–Trinajstić information content (AvgIpc) is 3.27. The summed E-state index contributed by atoms with van der Waals surface area (Å²) in [6.07, 6.45) is 0.611. The molecule has 0 spiro atoms. The number of aromatic nitrogens is 2. The van der Waals surface area contributed by atoms with Crippen molar-refractivity contribution < 1.29 is 17.7 Å². The van der Waals surface area contributed by atoms with Crippen LogP contribution in [0.4, 0.5) is 0 Å². The van der Waals surface area contributed by atoms with Crippen LogP contribution in [0.25, 0.3) is 11.4 Å². The minimum Gasteiger partial charge on any atom is -0.340 e. The molecule has 31 heavy (non-hydrogen) atoms. The molecule has 3 heterocycles. The summed E-state index contributed by atoms with van der Waals surface area (Å²) in [5.41, 5.74) is 0.863. The van der Waals surface area contributed by atoms with Crippen molar-refractivity contribution in [2.24, 2.45) is 0 Å². The van der Waals surface area contributed by atoms with Crippen molar-refractivity contribution in [3.63, 3.8) is 0 Å². The van der Waals surface area contributed by atoms with Crippen LogP contribution in [-0.4, -0.2) is 102 Å². The zero-order chi connectivity index (χ0) is 21.8. The van der Waals surface area contributed by atoms with Gasteiger partial charge in [0.1, 0.15) is 0 Å². The van der Waals surface area contributed by atoms with Gasteiger partial charge < -0.3 is 14.3 Å². The van der Waals surface area contributed by atoms with Crippen molar-refractivity contribution in [3.05, 3.63) is 36.2 Å². The van der Waals surface area contributed by atoms with E-state index in [9.17, 15) is 13.2 Å². The highest BCUT2D eigenvalue weighted by atomic mass is 32.2. The van der Waals surface area contributed by atoms with Crippen LogP contribution in [0.15, 0.2) is 34.9 Å². The average molecular weight is 449 g/mol. The molecular weight excluding hydrogens is 420 g/mol. The fourth-order valence-electron chi connectivity index (χ4n) is 3.78. The Morgan fingerprint density at radius 3 is 2.23 bits per heavy atom. The summed E-state index contributed by atoms with van der Waals surface area (Å²) < 4.78 is 34.0. The number of nitrogens with zero attached hydrogens (tertiary/aromatic N) is 6. The van der Waals surface area contributed by atoms with E-state index < -0.39 is 10.2 Å². The highest BCUT2D eigenvalue weighted by molar-refractivity contribution is 7.86. The van der Waals surface area contributed by atoms with E-state index in [1.165, 1.54) is 4.31 Å². The zero-order valence-corrected chi connectivity index (χ0v) is 18.5. The van der Waals surface area contributed by atoms with Crippen LogP contribution in [0, 0.1) is 0 Å². The maximum absolute atomic E-state index is 12.9. The summed E-state index contributed by atoms with van der Waals surface area (Å²) in [5.74, 6) is 0.894. The van der Waals surface area contributed by atoms with E-state index in [2.05, 4.69) is 15.0 Å². The number of piperazine rings is 2. The quantitative estimate of drug-likeness (QED) is 0.626. The third-order valence-corrected chi connectivity index (χ3v) is 7.79. The minimum atomic E-state index is -3.47. The van der Waals surface area contributed by atoms with Crippen molar-refractivity contribution in [3.8, 4) is 11.4 Å². The Bertz CT molecular complexity index is 980. The summed E-state index contributed by atoms with van der Waals surface area (Å²) in [6.45, 7) is 3.91. The second-order valence-corrected chi connectivity index (χ2v) is 9.80. The molecule has 0 aliphatic carbocycles. The molecule has 0 saturated carbocycles. The van der Waals surface area contributed by atoms with Gasteiger partial charge in [-0.2, -0.15) is 22.0 Å². The number of hydrogen-bond acceptors (Lipinski definition) is 7. The second-order valence-electron chi connectivity index (χ2n) is 7.87. The summed E-state index contributed by atoms with van der Waals surface area (Å²) in [6, 6.07) is 9.52. The van der Waals surface area contributed by atoms with Crippen molar-refractivity contribution in [1.29, 1.82) is 0 Å². The standard InChI is InChI=1S/C20H28N6O4S/c1-23-9-13-25(14-10-23)31(28,29)26-15-11-24(12-16-26)19(27)8-7-18-21-20(22-30-18)17-5-3-2-4-6-17/h2-6H,7-16H2,1H3. The Morgan fingerprint density at radius 2 is 1.58 bits per heavy atom. The highest BCUT2D eigenvalue weighted by Crippen LogP contribution is 2.17. The lowest BCUT2D eigenvalue weighted by Crippen LogP contribution is -2.57. The Morgan fingerprint density at radius 1 is 0.968 bits per heavy atom. The fraction of sp³-hybridized carbons (Fsp3) is 0.550. The van der Waals surface area contributed by atoms with Gasteiger partial charge in [-0.05, 0) is 7.05 Å². The lowest BCUT2D eigenvalue weighted by atomic mass is 10.2. The van der Waals surface area contributed by atoms with Gasteiger partial charge in [0.05, 0.1) is 0 Å². The van der Waals surface area contributed by atoms with Crippen LogP contribution in [0.2, 0.25) is 0 Å². The predicted octanol–water partition coefficient (Wildman–Crippen LogP) is 0.306. The molecular formula is C20H28N6O4S. The Hall–Kier alpha value is -2.34. The van der Waals surface area contributed by atoms with Gasteiger partial charge in [0, 0.05) is 70.8 Å². The molecule has 2 aliphatic heterocycles. The molecule has 0 atom stereocenters. The first-order chi connectivity index (χ1) is 14.9. The summed E-state index contributed by atoms with van der Waals surface area (Å²) in [4.78, 5) is 20.8. The summed E-state index contributed by atoms with van der Waals surface area (Å²) >= 11 is 0. The van der Waals surface area contributed by atoms with Gasteiger partial charge in [-0.25, -0.2) is 0 Å². The maximum atomic E-state index is 12.9. The first-order valence-electron chi connectivity index (χ1n) is 10.5. The van der Waals surface area contributed by atoms with Crippen LogP contribution in [-0.2, 0) is 21.4 Å². The smallest absolute Gasteiger partial charge is 0.282 e. The van der Waals surface area contributed by atoms with Gasteiger partial charge in [-0.1, -0.05) is 35.5 Å². The minimum absolute atomic E-state index is 0.0314. The highest BCUT2D eigenvalue weighted by Gasteiger charge is 2.34. The number of carbonyl (C=O) groups is 1. The van der Waals surface area contributed by atoms with Gasteiger partial charge in [0.2, 0.25) is 17.6 Å². The number of aryl methyl sites for hydroxylation is 1. The number of rotatable bonds is 6. The van der Waals surface area contributed by atoms with Crippen LogP contribution < -0.4 is 0 Å². The van der Waals surface area contributed by atoms with Gasteiger partial charge in [0.25, 0.3) is 10.2 Å². The Kier molecular flexibility index (Phi) is 6.65. The number of likely N-dealkylation sites (N-methyl/N-ethyl adjacent to an activating group) is 1. The van der Waals surface area contributed by atoms with E-state index in [-0.39, 0.29) is 12.3 Å². The molecule has 2 fully saturated rings. The second kappa shape index (κ2) is 9.43. The molecule has 1 amide bonds. The first-order valence-corrected chi connectivity index (χ1v) is 11.9. The lowest BCUT2D eigenvalue weighted by molar-refractivity contribution is -0.132. The first kappa shape index (κ1) is 21.9. The van der Waals surface area contributed by atoms with E-state index in [0.717, 1.165) is 18.7 Å². The SMILES string of the molecule is CN1CCN(S(=O)(=O)N2CCN(C(=O)CCc3nc(-c4ccccc4)no3)CC2)CC1. The van der Waals surface area contributed by atoms with E-state index in [1.54, 1.807) is 9.21 Å². The van der Waals surface area contributed by atoms with Crippen LogP contribution in [0.1, 0.15) is 12.3 Å². The largest absolute Gasteiger partial charge is 0.340 e. The number of hydrogen-bond donors (Lipinski definition) is 0. The van der Waals surface area contributed by atoms with E-state index in [1.807, 2.05) is 37.4 Å². The topological polar surface area (TPSA) is 103 Å². The maximum Gasteiger partial charge on any atom is 0.282 e. The molecule has 168 valence electrons. The third kappa shape index (κ3) is 5.12. The Balaban J connectivity index is 1.26. The normalized spacial score (nSPS) is 19.6. The molecule has 2 aromatic rings. The predicted molar refractivity (Wildman–Crippen MR) is 114 cm³/mol. The third-order valence-electron chi connectivity index (χ3n) is 5.76. The number of amides is 1. The van der Waals surface area contributed by atoms with Gasteiger partial charge in [0.15, 0.2) is 0 Å². The van der Waals surface area contributed by atoms with Crippen molar-refractivity contribution in [1.82, 2.24) is 28.6 Å². The molecule has 0 unspecified atom stereocenters. The number of benzene rings is 1. The Labute approximate surface area is 182 Å². The molecule has 1 aromatic heterocycles. The molecule has 10 nitrogen and oxygen atoms in total. The van der Waals surface area contributed by atoms with E-state index in [4.69, 9.17) is 4.52 Å². The molecule has 0 bridgehead atoms. The van der Waals surface area contributed by atoms with Gasteiger partial charge >= 0.3 is 0 Å². The van der Waals surface area contributed by atoms with Gasteiger partial charge in [-0.3, -0.25) is 4.79 Å². The molecule has 2 aliphatic rings. The molecule has 11 heteroatoms. The molecule has 2 saturated heterocycles. The van der Waals surface area contributed by atoms with Crippen LogP contribution >= 0.6 is 0 Å². The molecule has 0 radical (unpaired) electrons. The fourth-order valence-corrected chi connectivity index (χ4v) is 5.36. The van der Waals surface area contributed by atoms with Crippen molar-refractivity contribution >= 4 is 16.1 Å². The van der Waals surface area contributed by atoms with Crippen molar-refractivity contribution in [2.45, 2.75) is 12.8 Å². The monoisotopic (exact) mass is 448 g/mol. The molecule has 4 rings (SSSR count). The summed E-state index contributed by atoms with van der Waals surface area (Å²) in [5, 5.41) is 3.97. The van der Waals surface area contributed by atoms with E-state index in [0.29, 0.717) is 57.4 Å². The van der Waals surface area contributed by atoms with Crippen LogP contribution in [0.5, 0.6) is 0 Å². The van der Waals surface area contributed by atoms with E-state index >= 15 is 0 Å². The lowest BCUT2D eigenvalue weighted by Gasteiger charge is -2.39. The van der Waals surface area contributed by atoms with Crippen LogP contribution in [0.3, 0.4) is 0 Å². The molecule has 0 N–H and O–H groups in total.